The molecule has 3 nitrogen and oxygen atoms in total. The van der Waals surface area contributed by atoms with E-state index < -0.39 is 0 Å². The number of hydrogen-bond donors (Lipinski definition) is 1. The van der Waals surface area contributed by atoms with Crippen LogP contribution in [0.3, 0.4) is 0 Å². The van der Waals surface area contributed by atoms with Crippen molar-refractivity contribution in [1.29, 1.82) is 5.26 Å². The molecule has 0 atom stereocenters. The molecule has 1 aromatic heterocycles. The van der Waals surface area contributed by atoms with E-state index in [0.717, 1.165) is 5.82 Å². The Morgan fingerprint density at radius 3 is 2.08 bits per heavy atom. The van der Waals surface area contributed by atoms with Crippen LogP contribution in [0.1, 0.15) is 39.4 Å². The first-order chi connectivity index (χ1) is 6.07. The smallest absolute Gasteiger partial charge is 0.108 e. The second-order valence-corrected chi connectivity index (χ2v) is 3.41. The van der Waals surface area contributed by atoms with Gasteiger partial charge in [0.2, 0.25) is 0 Å². The van der Waals surface area contributed by atoms with Gasteiger partial charge in [0.25, 0.3) is 0 Å². The fourth-order valence-corrected chi connectivity index (χ4v) is 0.593. The molecule has 1 aromatic rings. The highest BCUT2D eigenvalue weighted by atomic mass is 14.9. The average molecular weight is 179 g/mol. The predicted molar refractivity (Wildman–Crippen MR) is 53.1 cm³/mol. The van der Waals surface area contributed by atoms with Gasteiger partial charge in [0, 0.05) is 24.2 Å². The van der Waals surface area contributed by atoms with Crippen molar-refractivity contribution in [3.05, 3.63) is 18.2 Å². The Morgan fingerprint density at radius 2 is 1.92 bits per heavy atom. The lowest BCUT2D eigenvalue weighted by atomic mass is 10.2. The van der Waals surface area contributed by atoms with Crippen molar-refractivity contribution in [2.75, 3.05) is 0 Å². The van der Waals surface area contributed by atoms with Crippen molar-refractivity contribution < 1.29 is 0 Å². The van der Waals surface area contributed by atoms with Gasteiger partial charge in [-0.25, -0.2) is 4.98 Å². The molecule has 72 valence electrons. The minimum Gasteiger partial charge on any atom is -0.348 e. The molecule has 3 heteroatoms. The fraction of sp³-hybridized carbons (Fsp3) is 0.600. The summed E-state index contributed by atoms with van der Waals surface area (Å²) >= 11 is 0. The number of nitrogens with one attached hydrogen (secondary N) is 1. The summed E-state index contributed by atoms with van der Waals surface area (Å²) in [6.07, 6.45) is 3.62. The minimum atomic E-state index is 0.190. The van der Waals surface area contributed by atoms with Crippen molar-refractivity contribution in [2.24, 2.45) is 5.92 Å². The number of H-pyrrole nitrogens is 1. The number of aromatic amines is 1. The van der Waals surface area contributed by atoms with Gasteiger partial charge in [-0.3, -0.25) is 0 Å². The summed E-state index contributed by atoms with van der Waals surface area (Å²) in [7, 11) is 0. The Hall–Kier alpha value is -1.30. The standard InChI is InChI=1S/C6H10N2.C4H7N/c1-5(2)6-7-3-4-8-6;1-4(2)3-5/h3-5H,1-2H3,(H,7,8);4H,1-2H3. The second kappa shape index (κ2) is 6.24. The summed E-state index contributed by atoms with van der Waals surface area (Å²) in [4.78, 5) is 7.09. The van der Waals surface area contributed by atoms with Crippen molar-refractivity contribution >= 4 is 0 Å². The normalized spacial score (nSPS) is 9.31. The van der Waals surface area contributed by atoms with Crippen LogP contribution >= 0.6 is 0 Å². The van der Waals surface area contributed by atoms with Crippen LogP contribution in [0.15, 0.2) is 12.4 Å². The number of nitriles is 1. The third kappa shape index (κ3) is 5.92. The van der Waals surface area contributed by atoms with Gasteiger partial charge in [0.1, 0.15) is 5.82 Å². The molecule has 0 aliphatic heterocycles. The second-order valence-electron chi connectivity index (χ2n) is 3.41. The highest BCUT2D eigenvalue weighted by Gasteiger charge is 1.96. The van der Waals surface area contributed by atoms with Crippen LogP contribution < -0.4 is 0 Å². The first-order valence-corrected chi connectivity index (χ1v) is 4.46. The number of nitrogens with zero attached hydrogens (tertiary/aromatic N) is 2. The highest BCUT2D eigenvalue weighted by Crippen LogP contribution is 2.05. The Labute approximate surface area is 79.8 Å². The molecular weight excluding hydrogens is 162 g/mol. The summed E-state index contributed by atoms with van der Waals surface area (Å²) in [5.41, 5.74) is 0. The summed E-state index contributed by atoms with van der Waals surface area (Å²) in [5.74, 6) is 1.77. The first-order valence-electron chi connectivity index (χ1n) is 4.46. The molecule has 0 fully saturated rings. The van der Waals surface area contributed by atoms with Crippen molar-refractivity contribution in [3.63, 3.8) is 0 Å². The van der Waals surface area contributed by atoms with Gasteiger partial charge in [-0.15, -0.1) is 0 Å². The van der Waals surface area contributed by atoms with E-state index in [1.165, 1.54) is 0 Å². The van der Waals surface area contributed by atoms with E-state index in [4.69, 9.17) is 5.26 Å². The lowest BCUT2D eigenvalue weighted by Crippen LogP contribution is -1.87. The van der Waals surface area contributed by atoms with E-state index in [-0.39, 0.29) is 5.92 Å². The zero-order valence-electron chi connectivity index (χ0n) is 8.70. The fourth-order valence-electron chi connectivity index (χ4n) is 0.593. The zero-order valence-corrected chi connectivity index (χ0v) is 8.70. The zero-order chi connectivity index (χ0) is 10.3. The number of imidazole rings is 1. The summed E-state index contributed by atoms with van der Waals surface area (Å²) < 4.78 is 0. The predicted octanol–water partition coefficient (Wildman–Crippen LogP) is 2.70. The van der Waals surface area contributed by atoms with Gasteiger partial charge >= 0.3 is 0 Å². The third-order valence-electron chi connectivity index (χ3n) is 1.32. The highest BCUT2D eigenvalue weighted by molar-refractivity contribution is 4.92. The van der Waals surface area contributed by atoms with Crippen LogP contribution in [0.2, 0.25) is 0 Å². The molecule has 0 aliphatic rings. The maximum absolute atomic E-state index is 7.89. The van der Waals surface area contributed by atoms with E-state index >= 15 is 0 Å². The Kier molecular flexibility index (Phi) is 5.62. The average Bonchev–Trinajstić information content (AvgIpc) is 2.57. The van der Waals surface area contributed by atoms with E-state index in [9.17, 15) is 0 Å². The van der Waals surface area contributed by atoms with Crippen LogP contribution in [0.5, 0.6) is 0 Å². The molecule has 0 bridgehead atoms. The molecule has 0 saturated carbocycles. The lowest BCUT2D eigenvalue weighted by molar-refractivity contribution is 0.794. The molecule has 0 spiro atoms. The molecule has 0 unspecified atom stereocenters. The van der Waals surface area contributed by atoms with E-state index in [0.29, 0.717) is 5.92 Å². The molecule has 0 aliphatic carbocycles. The molecule has 0 aromatic carbocycles. The largest absolute Gasteiger partial charge is 0.348 e. The van der Waals surface area contributed by atoms with Crippen LogP contribution in [0, 0.1) is 17.2 Å². The Morgan fingerprint density at radius 1 is 1.38 bits per heavy atom. The maximum Gasteiger partial charge on any atom is 0.108 e. The van der Waals surface area contributed by atoms with Crippen LogP contribution in [-0.4, -0.2) is 9.97 Å². The molecular formula is C10H17N3. The monoisotopic (exact) mass is 179 g/mol. The van der Waals surface area contributed by atoms with E-state index in [1.807, 2.05) is 26.1 Å². The van der Waals surface area contributed by atoms with Crippen molar-refractivity contribution in [1.82, 2.24) is 9.97 Å². The number of hydrogen-bond acceptors (Lipinski definition) is 2. The van der Waals surface area contributed by atoms with Crippen molar-refractivity contribution in [2.45, 2.75) is 33.6 Å². The van der Waals surface area contributed by atoms with Gasteiger partial charge in [-0.2, -0.15) is 5.26 Å². The molecule has 1 N–H and O–H groups in total. The summed E-state index contributed by atoms with van der Waals surface area (Å²) in [6.45, 7) is 7.94. The topological polar surface area (TPSA) is 52.5 Å². The first kappa shape index (κ1) is 11.7. The lowest BCUT2D eigenvalue weighted by Gasteiger charge is -1.95. The van der Waals surface area contributed by atoms with Crippen LogP contribution in [0.25, 0.3) is 0 Å². The third-order valence-corrected chi connectivity index (χ3v) is 1.32. The SMILES string of the molecule is CC(C)C#N.CC(C)c1ncc[nH]1. The maximum atomic E-state index is 7.89. The van der Waals surface area contributed by atoms with Gasteiger partial charge < -0.3 is 4.98 Å². The molecule has 1 rings (SSSR count). The van der Waals surface area contributed by atoms with Crippen LogP contribution in [-0.2, 0) is 0 Å². The van der Waals surface area contributed by atoms with Gasteiger partial charge in [0.15, 0.2) is 0 Å². The van der Waals surface area contributed by atoms with Gasteiger partial charge in [-0.1, -0.05) is 13.8 Å². The molecule has 0 saturated heterocycles. The molecule has 1 heterocycles. The summed E-state index contributed by atoms with van der Waals surface area (Å²) in [6, 6.07) is 2.03. The van der Waals surface area contributed by atoms with Crippen LogP contribution in [0.4, 0.5) is 0 Å². The minimum absolute atomic E-state index is 0.190. The van der Waals surface area contributed by atoms with Gasteiger partial charge in [-0.05, 0) is 13.8 Å². The molecule has 0 radical (unpaired) electrons. The molecule has 0 amide bonds. The number of rotatable bonds is 1. The van der Waals surface area contributed by atoms with Gasteiger partial charge in [0.05, 0.1) is 6.07 Å². The van der Waals surface area contributed by atoms with E-state index in [1.54, 1.807) is 6.20 Å². The van der Waals surface area contributed by atoms with E-state index in [2.05, 4.69) is 23.8 Å². The Bertz CT molecular complexity index is 242. The van der Waals surface area contributed by atoms with Crippen molar-refractivity contribution in [3.8, 4) is 6.07 Å². The summed E-state index contributed by atoms with van der Waals surface area (Å²) in [5, 5.41) is 7.89. The number of aromatic nitrogens is 2. The Balaban J connectivity index is 0.000000252. The molecule has 13 heavy (non-hydrogen) atoms. The quantitative estimate of drug-likeness (QED) is 0.720.